The lowest BCUT2D eigenvalue weighted by Gasteiger charge is -2.60. The molecule has 2 aromatic rings. The molecule has 2 aliphatic rings. The first-order valence-corrected chi connectivity index (χ1v) is 11.0. The summed E-state index contributed by atoms with van der Waals surface area (Å²) in [6.07, 6.45) is 6.95. The number of alkyl halides is 1. The average Bonchev–Trinajstić information content (AvgIpc) is 2.72. The molecule has 0 radical (unpaired) electrons. The third kappa shape index (κ3) is 3.22. The molecule has 4 unspecified atom stereocenters. The summed E-state index contributed by atoms with van der Waals surface area (Å²) < 4.78 is 0.839. The van der Waals surface area contributed by atoms with Gasteiger partial charge >= 0.3 is 0 Å². The lowest BCUT2D eigenvalue weighted by atomic mass is 9.77. The number of piperidine rings is 1. The highest BCUT2D eigenvalue weighted by Gasteiger charge is 2.61. The molecule has 0 amide bonds. The summed E-state index contributed by atoms with van der Waals surface area (Å²) in [4.78, 5) is -0.310. The van der Waals surface area contributed by atoms with Crippen molar-refractivity contribution in [1.29, 1.82) is 0 Å². The van der Waals surface area contributed by atoms with E-state index < -0.39 is 0 Å². The van der Waals surface area contributed by atoms with Gasteiger partial charge in [0.1, 0.15) is 6.04 Å². The second-order valence-corrected chi connectivity index (χ2v) is 8.90. The number of hydrogen-bond donors (Lipinski definition) is 1. The van der Waals surface area contributed by atoms with Crippen molar-refractivity contribution in [3.05, 3.63) is 71.8 Å². The molecular weight excluding hydrogens is 352 g/mol. The number of rotatable bonds is 4. The minimum absolute atomic E-state index is 0.310. The minimum atomic E-state index is -0.310. The molecule has 2 nitrogen and oxygen atoms in total. The van der Waals surface area contributed by atoms with Crippen molar-refractivity contribution in [1.82, 2.24) is 5.43 Å². The van der Waals surface area contributed by atoms with Gasteiger partial charge in [-0.2, -0.15) is 5.43 Å². The van der Waals surface area contributed by atoms with Gasteiger partial charge in [-0.1, -0.05) is 79.2 Å². The van der Waals surface area contributed by atoms with Crippen LogP contribution in [0.25, 0.3) is 0 Å². The largest absolute Gasteiger partial charge is 0.222 e. The Hall–Kier alpha value is -1.35. The van der Waals surface area contributed by atoms with Crippen LogP contribution in [0.1, 0.15) is 68.5 Å². The predicted octanol–water partition coefficient (Wildman–Crippen LogP) is 6.16. The molecule has 2 aliphatic heterocycles. The molecule has 2 fully saturated rings. The Labute approximate surface area is 169 Å². The zero-order valence-corrected chi connectivity index (χ0v) is 17.2. The van der Waals surface area contributed by atoms with E-state index in [0.717, 1.165) is 30.5 Å². The summed E-state index contributed by atoms with van der Waals surface area (Å²) >= 11 is 7.77. The molecular formula is C24H32ClN2+. The smallest absolute Gasteiger partial charge is 0.199 e. The number of quaternary nitrogens is 1. The summed E-state index contributed by atoms with van der Waals surface area (Å²) in [5.41, 5.74) is 6.79. The quantitative estimate of drug-likeness (QED) is 0.379. The topological polar surface area (TPSA) is 12.0 Å². The molecule has 1 N–H and O–H groups in total. The van der Waals surface area contributed by atoms with Crippen molar-refractivity contribution in [3.8, 4) is 0 Å². The van der Waals surface area contributed by atoms with Crippen molar-refractivity contribution in [2.45, 2.75) is 62.4 Å². The van der Waals surface area contributed by atoms with E-state index in [1.165, 1.54) is 36.8 Å². The summed E-state index contributed by atoms with van der Waals surface area (Å²) in [5.74, 6) is 0.380. The Morgan fingerprint density at radius 1 is 0.963 bits per heavy atom. The van der Waals surface area contributed by atoms with E-state index in [-0.39, 0.29) is 5.00 Å². The summed E-state index contributed by atoms with van der Waals surface area (Å²) in [7, 11) is 0. The third-order valence-corrected chi connectivity index (χ3v) is 7.52. The van der Waals surface area contributed by atoms with Crippen molar-refractivity contribution in [3.63, 3.8) is 0 Å². The highest BCUT2D eigenvalue weighted by atomic mass is 35.5. The number of halogens is 1. The Morgan fingerprint density at radius 3 is 2.30 bits per heavy atom. The van der Waals surface area contributed by atoms with Gasteiger partial charge in [-0.3, -0.25) is 0 Å². The van der Waals surface area contributed by atoms with Crippen LogP contribution in [0.15, 0.2) is 60.7 Å². The highest BCUT2D eigenvalue weighted by molar-refractivity contribution is 6.23. The molecule has 144 valence electrons. The van der Waals surface area contributed by atoms with E-state index in [1.807, 2.05) is 0 Å². The van der Waals surface area contributed by atoms with Crippen LogP contribution in [0.2, 0.25) is 0 Å². The standard InChI is InChI=1S/C24H32ClN2/c1-2-17-24(25)22(20-11-5-3-6-12-20)15-10-19-27(24)23(16-9-18-26-27)21-13-7-4-8-14-21/h3-8,11-14,22-23,26H,2,9-10,15-19H2,1H3/q+1. The van der Waals surface area contributed by atoms with Gasteiger partial charge in [-0.25, -0.2) is 4.59 Å². The SMILES string of the molecule is CCCC1(Cl)C(c2ccccc2)CCC[N+]12NCCCC2c1ccccc1. The Kier molecular flexibility index (Phi) is 5.59. The maximum Gasteiger partial charge on any atom is 0.199 e. The first-order valence-electron chi connectivity index (χ1n) is 10.6. The molecule has 27 heavy (non-hydrogen) atoms. The molecule has 4 atom stereocenters. The Balaban J connectivity index is 1.82. The molecule has 4 rings (SSSR count). The Morgan fingerprint density at radius 2 is 1.63 bits per heavy atom. The molecule has 0 aromatic heterocycles. The molecule has 0 saturated carbocycles. The lowest BCUT2D eigenvalue weighted by Crippen LogP contribution is -2.75. The van der Waals surface area contributed by atoms with Crippen LogP contribution in [-0.4, -0.2) is 22.7 Å². The second-order valence-electron chi connectivity index (χ2n) is 8.24. The zero-order chi connectivity index (χ0) is 18.7. The lowest BCUT2D eigenvalue weighted by molar-refractivity contribution is -1.04. The zero-order valence-electron chi connectivity index (χ0n) is 16.4. The van der Waals surface area contributed by atoms with E-state index in [1.54, 1.807) is 0 Å². The van der Waals surface area contributed by atoms with Crippen LogP contribution in [0.4, 0.5) is 0 Å². The van der Waals surface area contributed by atoms with E-state index in [2.05, 4.69) is 73.0 Å². The fraction of sp³-hybridized carbons (Fsp3) is 0.500. The second kappa shape index (κ2) is 7.95. The molecule has 2 aromatic carbocycles. The van der Waals surface area contributed by atoms with Crippen molar-refractivity contribution in [2.75, 3.05) is 13.1 Å². The number of nitrogens with zero attached hydrogens (tertiary/aromatic N) is 1. The molecule has 2 saturated heterocycles. The molecule has 2 heterocycles. The van der Waals surface area contributed by atoms with Crippen LogP contribution in [-0.2, 0) is 0 Å². The summed E-state index contributed by atoms with van der Waals surface area (Å²) in [5, 5.41) is 0. The number of benzene rings is 2. The normalized spacial score (nSPS) is 33.9. The monoisotopic (exact) mass is 383 g/mol. The van der Waals surface area contributed by atoms with Gasteiger partial charge in [0.05, 0.1) is 12.5 Å². The van der Waals surface area contributed by atoms with Gasteiger partial charge in [-0.05, 0) is 31.2 Å². The predicted molar refractivity (Wildman–Crippen MR) is 113 cm³/mol. The van der Waals surface area contributed by atoms with E-state index in [9.17, 15) is 0 Å². The molecule has 1 spiro atoms. The van der Waals surface area contributed by atoms with Gasteiger partial charge < -0.3 is 0 Å². The molecule has 3 heteroatoms. The van der Waals surface area contributed by atoms with Gasteiger partial charge in [-0.15, -0.1) is 0 Å². The number of hydrogen-bond acceptors (Lipinski definition) is 1. The number of nitrogens with one attached hydrogen (secondary N) is 1. The minimum Gasteiger partial charge on any atom is -0.222 e. The van der Waals surface area contributed by atoms with Gasteiger partial charge in [0.15, 0.2) is 5.00 Å². The third-order valence-electron chi connectivity index (χ3n) is 6.77. The first-order chi connectivity index (χ1) is 13.2. The van der Waals surface area contributed by atoms with Crippen LogP contribution in [0.5, 0.6) is 0 Å². The van der Waals surface area contributed by atoms with Crippen molar-refractivity contribution >= 4 is 11.6 Å². The maximum atomic E-state index is 7.77. The molecule has 0 bridgehead atoms. The van der Waals surface area contributed by atoms with E-state index in [0.29, 0.717) is 12.0 Å². The first kappa shape index (κ1) is 19.0. The van der Waals surface area contributed by atoms with Crippen LogP contribution in [0, 0.1) is 0 Å². The average molecular weight is 384 g/mol. The fourth-order valence-corrected chi connectivity index (χ4v) is 6.37. The Bertz CT molecular complexity index is 731. The van der Waals surface area contributed by atoms with Crippen LogP contribution in [0.3, 0.4) is 0 Å². The van der Waals surface area contributed by atoms with E-state index >= 15 is 0 Å². The molecule has 0 aliphatic carbocycles. The van der Waals surface area contributed by atoms with Gasteiger partial charge in [0, 0.05) is 24.9 Å². The fourth-order valence-electron chi connectivity index (χ4n) is 5.69. The highest BCUT2D eigenvalue weighted by Crippen LogP contribution is 2.55. The summed E-state index contributed by atoms with van der Waals surface area (Å²) in [6.45, 7) is 4.45. The summed E-state index contributed by atoms with van der Waals surface area (Å²) in [6, 6.07) is 22.5. The van der Waals surface area contributed by atoms with Gasteiger partial charge in [0.2, 0.25) is 0 Å². The van der Waals surface area contributed by atoms with Crippen molar-refractivity contribution < 1.29 is 4.59 Å². The van der Waals surface area contributed by atoms with Gasteiger partial charge in [0.25, 0.3) is 0 Å². The van der Waals surface area contributed by atoms with Crippen molar-refractivity contribution in [2.24, 2.45) is 0 Å². The van der Waals surface area contributed by atoms with Crippen LogP contribution >= 0.6 is 11.6 Å². The van der Waals surface area contributed by atoms with Crippen LogP contribution < -0.4 is 5.43 Å². The maximum absolute atomic E-state index is 7.77. The van der Waals surface area contributed by atoms with E-state index in [4.69, 9.17) is 11.6 Å².